The summed E-state index contributed by atoms with van der Waals surface area (Å²) in [6.45, 7) is 2.45. The molecular formula is C15H21NO3S. The number of hydrogen-bond acceptors (Lipinski definition) is 3. The fourth-order valence-corrected chi connectivity index (χ4v) is 4.49. The van der Waals surface area contributed by atoms with Gasteiger partial charge in [-0.3, -0.25) is 0 Å². The second-order valence-corrected chi connectivity index (χ2v) is 7.77. The van der Waals surface area contributed by atoms with Gasteiger partial charge in [-0.05, 0) is 61.6 Å². The van der Waals surface area contributed by atoms with Crippen molar-refractivity contribution in [2.75, 3.05) is 6.61 Å². The molecule has 2 N–H and O–H groups in total. The maximum absolute atomic E-state index is 11.6. The highest BCUT2D eigenvalue weighted by Crippen LogP contribution is 2.48. The number of hydrogen-bond donors (Lipinski definition) is 1. The Hall–Kier alpha value is -1.07. The first-order chi connectivity index (χ1) is 9.43. The molecule has 2 aliphatic rings. The SMILES string of the molecule is Cc1ccc(OCC2CC3CCC2C3)c(S(N)(=O)=O)c1. The molecule has 1 aromatic rings. The predicted octanol–water partition coefficient (Wildman–Crippen LogP) is 2.46. The molecule has 4 nitrogen and oxygen atoms in total. The molecule has 2 bridgehead atoms. The fourth-order valence-electron chi connectivity index (χ4n) is 3.73. The molecule has 0 spiro atoms. The Balaban J connectivity index is 1.74. The molecule has 0 amide bonds. The van der Waals surface area contributed by atoms with Crippen molar-refractivity contribution in [3.8, 4) is 5.75 Å². The van der Waals surface area contributed by atoms with E-state index in [-0.39, 0.29) is 4.90 Å². The lowest BCUT2D eigenvalue weighted by Crippen LogP contribution is -2.20. The number of aryl methyl sites for hydroxylation is 1. The van der Waals surface area contributed by atoms with E-state index in [1.54, 1.807) is 12.1 Å². The second-order valence-electron chi connectivity index (χ2n) is 6.24. The summed E-state index contributed by atoms with van der Waals surface area (Å²) in [5.41, 5.74) is 0.862. The van der Waals surface area contributed by atoms with Crippen LogP contribution < -0.4 is 9.88 Å². The molecule has 2 fully saturated rings. The van der Waals surface area contributed by atoms with Crippen molar-refractivity contribution in [2.45, 2.75) is 37.5 Å². The van der Waals surface area contributed by atoms with Gasteiger partial charge >= 0.3 is 0 Å². The number of primary sulfonamides is 1. The van der Waals surface area contributed by atoms with Gasteiger partial charge in [0.15, 0.2) is 0 Å². The lowest BCUT2D eigenvalue weighted by molar-refractivity contribution is 0.191. The molecule has 1 aromatic carbocycles. The quantitative estimate of drug-likeness (QED) is 0.927. The third-order valence-corrected chi connectivity index (χ3v) is 5.68. The zero-order valence-corrected chi connectivity index (χ0v) is 12.5. The summed E-state index contributed by atoms with van der Waals surface area (Å²) < 4.78 is 29.1. The van der Waals surface area contributed by atoms with Crippen molar-refractivity contribution in [1.82, 2.24) is 0 Å². The summed E-state index contributed by atoms with van der Waals surface area (Å²) in [6.07, 6.45) is 5.20. The Labute approximate surface area is 120 Å². The van der Waals surface area contributed by atoms with Crippen LogP contribution in [0.25, 0.3) is 0 Å². The molecule has 20 heavy (non-hydrogen) atoms. The van der Waals surface area contributed by atoms with E-state index in [2.05, 4.69) is 0 Å². The van der Waals surface area contributed by atoms with E-state index in [9.17, 15) is 8.42 Å². The van der Waals surface area contributed by atoms with Gasteiger partial charge in [-0.25, -0.2) is 13.6 Å². The minimum absolute atomic E-state index is 0.0978. The molecule has 3 unspecified atom stereocenters. The van der Waals surface area contributed by atoms with Crippen LogP contribution in [0.5, 0.6) is 5.75 Å². The smallest absolute Gasteiger partial charge is 0.241 e. The van der Waals surface area contributed by atoms with Gasteiger partial charge in [-0.15, -0.1) is 0 Å². The molecule has 5 heteroatoms. The van der Waals surface area contributed by atoms with Crippen molar-refractivity contribution < 1.29 is 13.2 Å². The van der Waals surface area contributed by atoms with Crippen molar-refractivity contribution in [3.05, 3.63) is 23.8 Å². The molecular weight excluding hydrogens is 274 g/mol. The normalized spacial score (nSPS) is 28.8. The summed E-state index contributed by atoms with van der Waals surface area (Å²) in [5, 5.41) is 5.26. The van der Waals surface area contributed by atoms with Crippen LogP contribution in [0.3, 0.4) is 0 Å². The first-order valence-electron chi connectivity index (χ1n) is 7.20. The molecule has 2 saturated carbocycles. The van der Waals surface area contributed by atoms with E-state index in [1.165, 1.54) is 25.7 Å². The summed E-state index contributed by atoms with van der Waals surface area (Å²) in [6, 6.07) is 5.14. The third-order valence-electron chi connectivity index (χ3n) is 4.74. The van der Waals surface area contributed by atoms with Crippen LogP contribution in [0.15, 0.2) is 23.1 Å². The van der Waals surface area contributed by atoms with E-state index < -0.39 is 10.0 Å². The minimum atomic E-state index is -3.74. The first-order valence-corrected chi connectivity index (χ1v) is 8.74. The molecule has 0 saturated heterocycles. The molecule has 3 rings (SSSR count). The number of sulfonamides is 1. The van der Waals surface area contributed by atoms with Gasteiger partial charge in [0.2, 0.25) is 10.0 Å². The van der Waals surface area contributed by atoms with E-state index in [4.69, 9.17) is 9.88 Å². The zero-order chi connectivity index (χ0) is 14.3. The molecule has 3 atom stereocenters. The summed E-state index contributed by atoms with van der Waals surface area (Å²) in [5.74, 6) is 2.59. The van der Waals surface area contributed by atoms with E-state index in [1.807, 2.05) is 13.0 Å². The average molecular weight is 295 g/mol. The van der Waals surface area contributed by atoms with Crippen molar-refractivity contribution in [1.29, 1.82) is 0 Å². The van der Waals surface area contributed by atoms with Crippen molar-refractivity contribution in [2.24, 2.45) is 22.9 Å². The Bertz CT molecular complexity index is 612. The lowest BCUT2D eigenvalue weighted by atomic mass is 9.89. The maximum Gasteiger partial charge on any atom is 0.241 e. The van der Waals surface area contributed by atoms with Crippen LogP contribution in [0.1, 0.15) is 31.2 Å². The van der Waals surface area contributed by atoms with Gasteiger partial charge in [-0.1, -0.05) is 12.5 Å². The monoisotopic (exact) mass is 295 g/mol. The summed E-state index contributed by atoms with van der Waals surface area (Å²) in [4.78, 5) is 0.0978. The second kappa shape index (κ2) is 5.04. The zero-order valence-electron chi connectivity index (χ0n) is 11.7. The summed E-state index contributed by atoms with van der Waals surface area (Å²) in [7, 11) is -3.74. The maximum atomic E-state index is 11.6. The number of rotatable bonds is 4. The van der Waals surface area contributed by atoms with E-state index >= 15 is 0 Å². The largest absolute Gasteiger partial charge is 0.492 e. The highest BCUT2D eigenvalue weighted by molar-refractivity contribution is 7.89. The predicted molar refractivity (Wildman–Crippen MR) is 77.0 cm³/mol. The van der Waals surface area contributed by atoms with Crippen LogP contribution >= 0.6 is 0 Å². The van der Waals surface area contributed by atoms with Crippen molar-refractivity contribution >= 4 is 10.0 Å². The fraction of sp³-hybridized carbons (Fsp3) is 0.600. The number of benzene rings is 1. The molecule has 0 radical (unpaired) electrons. The standard InChI is InChI=1S/C15H21NO3S/c1-10-2-5-14(15(6-10)20(16,17)18)19-9-13-8-11-3-4-12(13)7-11/h2,5-6,11-13H,3-4,7-9H2,1H3,(H2,16,17,18). The van der Waals surface area contributed by atoms with Gasteiger partial charge in [-0.2, -0.15) is 0 Å². The Kier molecular flexibility index (Phi) is 3.50. The molecule has 2 aliphatic carbocycles. The van der Waals surface area contributed by atoms with Crippen LogP contribution in [0.2, 0.25) is 0 Å². The van der Waals surface area contributed by atoms with Crippen LogP contribution in [0, 0.1) is 24.7 Å². The van der Waals surface area contributed by atoms with Crippen LogP contribution in [-0.2, 0) is 10.0 Å². The number of fused-ring (bicyclic) bond motifs is 2. The molecule has 110 valence electrons. The van der Waals surface area contributed by atoms with E-state index in [0.717, 1.165) is 17.4 Å². The Morgan fingerprint density at radius 2 is 2.10 bits per heavy atom. The van der Waals surface area contributed by atoms with Gasteiger partial charge < -0.3 is 4.74 Å². The topological polar surface area (TPSA) is 69.4 Å². The van der Waals surface area contributed by atoms with Crippen molar-refractivity contribution in [3.63, 3.8) is 0 Å². The van der Waals surface area contributed by atoms with E-state index in [0.29, 0.717) is 18.3 Å². The summed E-state index contributed by atoms with van der Waals surface area (Å²) >= 11 is 0. The van der Waals surface area contributed by atoms with Gasteiger partial charge in [0.25, 0.3) is 0 Å². The molecule has 0 aliphatic heterocycles. The minimum Gasteiger partial charge on any atom is -0.492 e. The van der Waals surface area contributed by atoms with Gasteiger partial charge in [0.1, 0.15) is 10.6 Å². The Morgan fingerprint density at radius 1 is 1.30 bits per heavy atom. The average Bonchev–Trinajstić information content (AvgIpc) is 2.98. The number of nitrogens with two attached hydrogens (primary N) is 1. The number of ether oxygens (including phenoxy) is 1. The third kappa shape index (κ3) is 2.69. The lowest BCUT2D eigenvalue weighted by Gasteiger charge is -2.22. The van der Waals surface area contributed by atoms with Crippen LogP contribution in [-0.4, -0.2) is 15.0 Å². The highest BCUT2D eigenvalue weighted by atomic mass is 32.2. The first kappa shape index (κ1) is 13.9. The highest BCUT2D eigenvalue weighted by Gasteiger charge is 2.39. The molecule has 0 heterocycles. The van der Waals surface area contributed by atoms with Crippen LogP contribution in [0.4, 0.5) is 0 Å². The van der Waals surface area contributed by atoms with Gasteiger partial charge in [0, 0.05) is 0 Å². The van der Waals surface area contributed by atoms with Gasteiger partial charge in [0.05, 0.1) is 6.61 Å². The Morgan fingerprint density at radius 3 is 2.70 bits per heavy atom. The molecule has 0 aromatic heterocycles.